The van der Waals surface area contributed by atoms with E-state index >= 15 is 0 Å². The molecule has 0 saturated carbocycles. The van der Waals surface area contributed by atoms with Crippen LogP contribution in [0.5, 0.6) is 0 Å². The monoisotopic (exact) mass is 399 g/mol. The van der Waals surface area contributed by atoms with E-state index in [0.717, 1.165) is 17.3 Å². The zero-order valence-corrected chi connectivity index (χ0v) is 15.4. The third kappa shape index (κ3) is 5.09. The Morgan fingerprint density at radius 3 is 2.64 bits per heavy atom. The van der Waals surface area contributed by atoms with Crippen LogP contribution in [0.25, 0.3) is 11.4 Å². The summed E-state index contributed by atoms with van der Waals surface area (Å²) in [4.78, 5) is 27.4. The average Bonchev–Trinajstić information content (AvgIpc) is 3.20. The molecule has 5 N–H and O–H groups in total. The van der Waals surface area contributed by atoms with Crippen LogP contribution in [0.1, 0.15) is 15.9 Å². The summed E-state index contributed by atoms with van der Waals surface area (Å²) in [6, 6.07) is 14.2. The number of amides is 1. The summed E-state index contributed by atoms with van der Waals surface area (Å²) in [7, 11) is 0. The van der Waals surface area contributed by atoms with Crippen molar-refractivity contribution in [1.82, 2.24) is 20.5 Å². The Morgan fingerprint density at radius 1 is 1.14 bits per heavy atom. The molecule has 3 aromatic rings. The van der Waals surface area contributed by atoms with Crippen LogP contribution in [0.4, 0.5) is 5.69 Å². The zero-order chi connectivity index (χ0) is 19.9. The smallest absolute Gasteiger partial charge is 0.313 e. The number of hydrogen-bond acceptors (Lipinski definition) is 7. The molecule has 0 aliphatic carbocycles. The second-order valence-corrected chi connectivity index (χ2v) is 6.67. The van der Waals surface area contributed by atoms with E-state index in [2.05, 4.69) is 20.5 Å². The lowest BCUT2D eigenvalue weighted by Crippen LogP contribution is -2.22. The van der Waals surface area contributed by atoms with Crippen molar-refractivity contribution in [3.63, 3.8) is 0 Å². The first-order valence-corrected chi connectivity index (χ1v) is 9.18. The molecule has 0 unspecified atom stereocenters. The average molecular weight is 399 g/mol. The molecule has 0 atom stereocenters. The van der Waals surface area contributed by atoms with E-state index in [9.17, 15) is 14.8 Å². The minimum atomic E-state index is -0.972. The number of hydrogen-bond donors (Lipinski definition) is 5. The van der Waals surface area contributed by atoms with Crippen molar-refractivity contribution in [3.8, 4) is 11.4 Å². The molecule has 0 radical (unpaired) electrons. The number of carbonyl (C=O) groups is 2. The number of rotatable bonds is 8. The summed E-state index contributed by atoms with van der Waals surface area (Å²) < 4.78 is 0. The number of benzene rings is 2. The lowest BCUT2D eigenvalue weighted by molar-refractivity contribution is -0.133. The van der Waals surface area contributed by atoms with Gasteiger partial charge in [-0.1, -0.05) is 42.1 Å². The van der Waals surface area contributed by atoms with Gasteiger partial charge in [-0.15, -0.1) is 5.10 Å². The molecule has 0 fully saturated rings. The minimum Gasteiger partial charge on any atom is -0.481 e. The molecule has 2 aromatic carbocycles. The largest absolute Gasteiger partial charge is 0.481 e. The van der Waals surface area contributed by atoms with Crippen molar-refractivity contribution < 1.29 is 19.9 Å². The van der Waals surface area contributed by atoms with Crippen LogP contribution in [0.15, 0.2) is 53.7 Å². The Bertz CT molecular complexity index is 977. The van der Waals surface area contributed by atoms with Crippen molar-refractivity contribution in [2.45, 2.75) is 11.7 Å². The summed E-state index contributed by atoms with van der Waals surface area (Å²) in [5, 5.41) is 27.8. The molecule has 10 heteroatoms. The highest BCUT2D eigenvalue weighted by Crippen LogP contribution is 2.24. The van der Waals surface area contributed by atoms with Gasteiger partial charge in [-0.05, 0) is 23.8 Å². The number of thioether (sulfide) groups is 1. The van der Waals surface area contributed by atoms with E-state index in [0.29, 0.717) is 29.2 Å². The molecule has 1 heterocycles. The normalized spacial score (nSPS) is 10.5. The number of anilines is 1. The molecule has 1 amide bonds. The van der Waals surface area contributed by atoms with E-state index in [4.69, 9.17) is 5.11 Å². The Hall–Kier alpha value is -3.37. The van der Waals surface area contributed by atoms with Crippen molar-refractivity contribution in [1.29, 1.82) is 0 Å². The number of H-pyrrole nitrogens is 1. The minimum absolute atomic E-state index is 0.164. The van der Waals surface area contributed by atoms with Gasteiger partial charge in [-0.3, -0.25) is 25.4 Å². The molecule has 3 rings (SSSR count). The molecular formula is C18H17N5O4S. The van der Waals surface area contributed by atoms with Gasteiger partial charge in [0.2, 0.25) is 5.16 Å². The second-order valence-electron chi connectivity index (χ2n) is 5.73. The first-order chi connectivity index (χ1) is 13.5. The number of nitrogens with one attached hydrogen (secondary N) is 3. The van der Waals surface area contributed by atoms with E-state index < -0.39 is 5.97 Å². The van der Waals surface area contributed by atoms with Crippen molar-refractivity contribution in [2.75, 3.05) is 11.2 Å². The van der Waals surface area contributed by atoms with E-state index in [1.54, 1.807) is 12.1 Å². The maximum atomic E-state index is 12.5. The fraction of sp³-hybridized carbons (Fsp3) is 0.111. The van der Waals surface area contributed by atoms with E-state index in [-0.39, 0.29) is 16.8 Å². The number of aromatic amines is 1. The maximum Gasteiger partial charge on any atom is 0.313 e. The van der Waals surface area contributed by atoms with Crippen molar-refractivity contribution in [2.24, 2.45) is 0 Å². The number of aliphatic carboxylic acids is 1. The molecule has 0 saturated heterocycles. The van der Waals surface area contributed by atoms with Crippen LogP contribution in [0.2, 0.25) is 0 Å². The fourth-order valence-corrected chi connectivity index (χ4v) is 2.93. The van der Waals surface area contributed by atoms with Crippen LogP contribution >= 0.6 is 11.8 Å². The summed E-state index contributed by atoms with van der Waals surface area (Å²) in [5.41, 5.74) is 4.13. The van der Waals surface area contributed by atoms with Gasteiger partial charge < -0.3 is 10.4 Å². The van der Waals surface area contributed by atoms with Crippen LogP contribution in [-0.4, -0.2) is 43.1 Å². The molecule has 0 bridgehead atoms. The third-order valence-electron chi connectivity index (χ3n) is 3.68. The van der Waals surface area contributed by atoms with Crippen LogP contribution in [0.3, 0.4) is 0 Å². The first-order valence-electron chi connectivity index (χ1n) is 8.20. The lowest BCUT2D eigenvalue weighted by Gasteiger charge is -2.09. The molecule has 0 aliphatic heterocycles. The van der Waals surface area contributed by atoms with Crippen molar-refractivity contribution in [3.05, 3.63) is 59.7 Å². The Labute approximate surface area is 164 Å². The summed E-state index contributed by atoms with van der Waals surface area (Å²) >= 11 is 0.973. The molecule has 0 spiro atoms. The molecule has 0 aliphatic rings. The van der Waals surface area contributed by atoms with Gasteiger partial charge in [-0.25, -0.2) is 4.98 Å². The summed E-state index contributed by atoms with van der Waals surface area (Å²) in [6.07, 6.45) is 0. The van der Waals surface area contributed by atoms with Crippen molar-refractivity contribution >= 4 is 29.3 Å². The molecule has 9 nitrogen and oxygen atoms in total. The van der Waals surface area contributed by atoms with Gasteiger partial charge in [0.05, 0.1) is 11.4 Å². The van der Waals surface area contributed by atoms with Crippen LogP contribution < -0.4 is 10.8 Å². The lowest BCUT2D eigenvalue weighted by atomic mass is 10.1. The molecule has 144 valence electrons. The predicted octanol–water partition coefficient (Wildman–Crippen LogP) is 2.38. The Kier molecular flexibility index (Phi) is 6.25. The van der Waals surface area contributed by atoms with Gasteiger partial charge in [0.15, 0.2) is 5.82 Å². The summed E-state index contributed by atoms with van der Waals surface area (Å²) in [6.45, 7) is 0.365. The van der Waals surface area contributed by atoms with Gasteiger partial charge in [0.25, 0.3) is 5.91 Å². The molecule has 1 aromatic heterocycles. The molecule has 28 heavy (non-hydrogen) atoms. The SMILES string of the molecule is O=C(O)CSc1n[nH]c(-c2cc(NO)cc(C(=O)NCc3ccccc3)c2)n1. The first kappa shape index (κ1) is 19.4. The number of carboxylic acids is 1. The summed E-state index contributed by atoms with van der Waals surface area (Å²) in [5.74, 6) is -1.10. The van der Waals surface area contributed by atoms with Gasteiger partial charge >= 0.3 is 5.97 Å². The van der Waals surface area contributed by atoms with Gasteiger partial charge in [-0.2, -0.15) is 0 Å². The van der Waals surface area contributed by atoms with Gasteiger partial charge in [0, 0.05) is 17.7 Å². The van der Waals surface area contributed by atoms with Crippen LogP contribution in [0, 0.1) is 0 Å². The number of aromatic nitrogens is 3. The fourth-order valence-electron chi connectivity index (χ4n) is 2.41. The standard InChI is InChI=1S/C18H17N5O4S/c24-15(25)10-28-18-20-16(21-22-18)12-6-13(8-14(7-12)23-27)17(26)19-9-11-4-2-1-3-5-11/h1-8,23,27H,9-10H2,(H,19,26)(H,24,25)(H,20,21,22). The van der Waals surface area contributed by atoms with Gasteiger partial charge in [0.1, 0.15) is 0 Å². The Morgan fingerprint density at radius 2 is 1.93 bits per heavy atom. The highest BCUT2D eigenvalue weighted by molar-refractivity contribution is 7.99. The van der Waals surface area contributed by atoms with E-state index in [1.807, 2.05) is 35.8 Å². The highest BCUT2D eigenvalue weighted by atomic mass is 32.2. The maximum absolute atomic E-state index is 12.5. The number of carbonyl (C=O) groups excluding carboxylic acids is 1. The highest BCUT2D eigenvalue weighted by Gasteiger charge is 2.13. The zero-order valence-electron chi connectivity index (χ0n) is 14.5. The van der Waals surface area contributed by atoms with Crippen LogP contribution in [-0.2, 0) is 11.3 Å². The second kappa shape index (κ2) is 9.02. The number of nitrogens with zero attached hydrogens (tertiary/aromatic N) is 2. The quantitative estimate of drug-likeness (QED) is 0.287. The topological polar surface area (TPSA) is 140 Å². The predicted molar refractivity (Wildman–Crippen MR) is 103 cm³/mol. The Balaban J connectivity index is 1.78. The number of carboxylic acid groups (broad SMARTS) is 1. The van der Waals surface area contributed by atoms with E-state index in [1.165, 1.54) is 6.07 Å². The third-order valence-corrected chi connectivity index (χ3v) is 4.52. The molecular weight excluding hydrogens is 382 g/mol.